The van der Waals surface area contributed by atoms with Gasteiger partial charge in [-0.2, -0.15) is 13.2 Å². The summed E-state index contributed by atoms with van der Waals surface area (Å²) in [6, 6.07) is 11.9. The number of benzene rings is 2. The van der Waals surface area contributed by atoms with Crippen LogP contribution in [0, 0.1) is 0 Å². The smallest absolute Gasteiger partial charge is 0.416 e. The van der Waals surface area contributed by atoms with Gasteiger partial charge in [0.1, 0.15) is 12.1 Å². The lowest BCUT2D eigenvalue weighted by atomic mass is 9.91. The first-order valence-corrected chi connectivity index (χ1v) is 12.0. The molecule has 3 aromatic rings. The van der Waals surface area contributed by atoms with Crippen LogP contribution in [0.25, 0.3) is 10.9 Å². The minimum Gasteiger partial charge on any atom is -0.444 e. The van der Waals surface area contributed by atoms with Crippen molar-refractivity contribution in [1.82, 2.24) is 15.2 Å². The fourth-order valence-electron chi connectivity index (χ4n) is 4.27. The Labute approximate surface area is 208 Å². The third kappa shape index (κ3) is 6.01. The van der Waals surface area contributed by atoms with Gasteiger partial charge >= 0.3 is 12.3 Å². The van der Waals surface area contributed by atoms with E-state index in [1.165, 1.54) is 12.1 Å². The summed E-state index contributed by atoms with van der Waals surface area (Å²) in [6.07, 6.45) is -4.59. The van der Waals surface area contributed by atoms with Gasteiger partial charge < -0.3 is 19.9 Å². The van der Waals surface area contributed by atoms with E-state index in [1.807, 2.05) is 38.1 Å². The highest BCUT2D eigenvalue weighted by molar-refractivity contribution is 5.87. The molecule has 0 aliphatic carbocycles. The van der Waals surface area contributed by atoms with Crippen LogP contribution in [0.2, 0.25) is 0 Å². The lowest BCUT2D eigenvalue weighted by molar-refractivity contribution is -0.137. The van der Waals surface area contributed by atoms with E-state index >= 15 is 0 Å². The van der Waals surface area contributed by atoms with Crippen molar-refractivity contribution in [3.05, 3.63) is 70.9 Å². The van der Waals surface area contributed by atoms with Gasteiger partial charge in [-0.15, -0.1) is 0 Å². The number of alkyl halides is 3. The van der Waals surface area contributed by atoms with Crippen LogP contribution in [0.3, 0.4) is 0 Å². The van der Waals surface area contributed by atoms with Gasteiger partial charge in [-0.25, -0.2) is 4.79 Å². The Kier molecular flexibility index (Phi) is 8.01. The molecule has 2 aromatic carbocycles. The quantitative estimate of drug-likeness (QED) is 0.446. The van der Waals surface area contributed by atoms with Crippen LogP contribution in [0.4, 0.5) is 18.0 Å². The Morgan fingerprint density at radius 2 is 1.69 bits per heavy atom. The van der Waals surface area contributed by atoms with E-state index in [9.17, 15) is 22.8 Å². The number of ether oxygens (including phenoxy) is 1. The Hall–Kier alpha value is -3.49. The Morgan fingerprint density at radius 3 is 2.31 bits per heavy atom. The predicted molar refractivity (Wildman–Crippen MR) is 133 cm³/mol. The SMILES string of the molecule is CC.CC(C)(C)OC(=O)NCC(=O)N1CCc2c([nH]c3ccccc23)C1c1ccc(C(F)(F)F)cc1. The minimum atomic E-state index is -4.45. The molecule has 0 spiro atoms. The first kappa shape index (κ1) is 27.1. The third-order valence-electron chi connectivity index (χ3n) is 5.69. The van der Waals surface area contributed by atoms with E-state index < -0.39 is 29.5 Å². The van der Waals surface area contributed by atoms with E-state index in [4.69, 9.17) is 4.74 Å². The first-order chi connectivity index (χ1) is 16.9. The molecule has 2 heterocycles. The molecule has 6 nitrogen and oxygen atoms in total. The molecule has 1 aliphatic heterocycles. The summed E-state index contributed by atoms with van der Waals surface area (Å²) >= 11 is 0. The molecule has 2 amide bonds. The number of nitrogens with one attached hydrogen (secondary N) is 2. The number of hydrogen-bond donors (Lipinski definition) is 2. The second-order valence-corrected chi connectivity index (χ2v) is 9.28. The molecule has 4 rings (SSSR count). The van der Waals surface area contributed by atoms with Gasteiger partial charge in [-0.1, -0.05) is 44.2 Å². The normalized spacial score (nSPS) is 15.6. The maximum atomic E-state index is 13.2. The number of aromatic amines is 1. The summed E-state index contributed by atoms with van der Waals surface area (Å²) < 4.78 is 44.5. The van der Waals surface area contributed by atoms with Crippen LogP contribution in [0.5, 0.6) is 0 Å². The highest BCUT2D eigenvalue weighted by Crippen LogP contribution is 2.39. The molecule has 1 aromatic heterocycles. The molecule has 194 valence electrons. The Morgan fingerprint density at radius 1 is 1.06 bits per heavy atom. The number of rotatable bonds is 3. The number of aromatic nitrogens is 1. The van der Waals surface area contributed by atoms with Crippen LogP contribution in [-0.4, -0.2) is 40.6 Å². The molecule has 0 fully saturated rings. The van der Waals surface area contributed by atoms with E-state index in [2.05, 4.69) is 10.3 Å². The molecule has 9 heteroatoms. The lowest BCUT2D eigenvalue weighted by Gasteiger charge is -2.36. The molecule has 0 saturated heterocycles. The number of nitrogens with zero attached hydrogens (tertiary/aromatic N) is 1. The molecule has 0 bridgehead atoms. The highest BCUT2D eigenvalue weighted by Gasteiger charge is 2.36. The summed E-state index contributed by atoms with van der Waals surface area (Å²) in [5, 5.41) is 3.50. The number of fused-ring (bicyclic) bond motifs is 3. The summed E-state index contributed by atoms with van der Waals surface area (Å²) in [5.41, 5.74) is 1.77. The minimum absolute atomic E-state index is 0.290. The van der Waals surface area contributed by atoms with Crippen molar-refractivity contribution in [2.45, 2.75) is 58.9 Å². The van der Waals surface area contributed by atoms with E-state index in [-0.39, 0.29) is 12.5 Å². The summed E-state index contributed by atoms with van der Waals surface area (Å²) in [7, 11) is 0. The van der Waals surface area contributed by atoms with Gasteiger partial charge in [0.05, 0.1) is 11.6 Å². The molecule has 1 atom stereocenters. The first-order valence-electron chi connectivity index (χ1n) is 12.0. The zero-order valence-electron chi connectivity index (χ0n) is 21.1. The predicted octanol–water partition coefficient (Wildman–Crippen LogP) is 6.21. The van der Waals surface area contributed by atoms with Gasteiger partial charge in [-0.3, -0.25) is 4.79 Å². The van der Waals surface area contributed by atoms with Crippen molar-refractivity contribution in [3.8, 4) is 0 Å². The van der Waals surface area contributed by atoms with Crippen molar-refractivity contribution in [2.24, 2.45) is 0 Å². The van der Waals surface area contributed by atoms with E-state index in [0.717, 1.165) is 34.3 Å². The van der Waals surface area contributed by atoms with Crippen LogP contribution in [-0.2, 0) is 22.1 Å². The molecule has 1 aliphatic rings. The lowest BCUT2D eigenvalue weighted by Crippen LogP contribution is -2.46. The van der Waals surface area contributed by atoms with Gasteiger partial charge in [0, 0.05) is 23.1 Å². The molecule has 36 heavy (non-hydrogen) atoms. The van der Waals surface area contributed by atoms with Crippen molar-refractivity contribution in [1.29, 1.82) is 0 Å². The fourth-order valence-corrected chi connectivity index (χ4v) is 4.27. The number of carbonyl (C=O) groups is 2. The van der Waals surface area contributed by atoms with Crippen LogP contribution >= 0.6 is 0 Å². The van der Waals surface area contributed by atoms with Crippen molar-refractivity contribution in [2.75, 3.05) is 13.1 Å². The molecular weight excluding hydrogens is 471 g/mol. The maximum absolute atomic E-state index is 13.2. The number of H-pyrrole nitrogens is 1. The third-order valence-corrected chi connectivity index (χ3v) is 5.69. The largest absolute Gasteiger partial charge is 0.444 e. The monoisotopic (exact) mass is 503 g/mol. The van der Waals surface area contributed by atoms with Gasteiger partial charge in [0.25, 0.3) is 0 Å². The van der Waals surface area contributed by atoms with Crippen LogP contribution in [0.1, 0.15) is 63.0 Å². The van der Waals surface area contributed by atoms with E-state index in [1.54, 1.807) is 25.7 Å². The standard InChI is InChI=1S/C25H26F3N3O3.C2H6/c1-24(2,3)34-23(33)29-14-20(32)31-13-12-18-17-6-4-5-7-19(17)30-21(18)22(31)15-8-10-16(11-9-15)25(26,27)28;1-2/h4-11,22,30H,12-14H2,1-3H3,(H,29,33);1-2H3. The van der Waals surface area contributed by atoms with Crippen LogP contribution in [0.15, 0.2) is 48.5 Å². The number of halogens is 3. The average Bonchev–Trinajstić information content (AvgIpc) is 3.20. The van der Waals surface area contributed by atoms with Crippen molar-refractivity contribution in [3.63, 3.8) is 0 Å². The van der Waals surface area contributed by atoms with Gasteiger partial charge in [0.2, 0.25) is 5.91 Å². The summed E-state index contributed by atoms with van der Waals surface area (Å²) in [4.78, 5) is 30.1. The molecule has 0 saturated carbocycles. The van der Waals surface area contributed by atoms with E-state index in [0.29, 0.717) is 18.5 Å². The summed E-state index contributed by atoms with van der Waals surface area (Å²) in [5.74, 6) is -0.361. The maximum Gasteiger partial charge on any atom is 0.416 e. The summed E-state index contributed by atoms with van der Waals surface area (Å²) in [6.45, 7) is 9.22. The number of hydrogen-bond acceptors (Lipinski definition) is 3. The zero-order chi connectivity index (χ0) is 26.7. The van der Waals surface area contributed by atoms with Crippen LogP contribution < -0.4 is 5.32 Å². The van der Waals surface area contributed by atoms with Gasteiger partial charge in [-0.05, 0) is 56.5 Å². The van der Waals surface area contributed by atoms with Gasteiger partial charge in [0.15, 0.2) is 0 Å². The number of alkyl carbamates (subject to hydrolysis) is 1. The Bertz CT molecular complexity index is 1210. The molecule has 1 unspecified atom stereocenters. The van der Waals surface area contributed by atoms with Crippen molar-refractivity contribution >= 4 is 22.9 Å². The number of amides is 2. The zero-order valence-corrected chi connectivity index (χ0v) is 21.1. The highest BCUT2D eigenvalue weighted by atomic mass is 19.4. The number of carbonyl (C=O) groups excluding carboxylic acids is 2. The molecule has 2 N–H and O–H groups in total. The second kappa shape index (κ2) is 10.6. The number of para-hydroxylation sites is 1. The van der Waals surface area contributed by atoms with Crippen molar-refractivity contribution < 1.29 is 27.5 Å². The topological polar surface area (TPSA) is 74.4 Å². The second-order valence-electron chi connectivity index (χ2n) is 9.28. The molecular formula is C27H32F3N3O3. The fraction of sp³-hybridized carbons (Fsp3) is 0.407. The average molecular weight is 504 g/mol. The molecule has 0 radical (unpaired) electrons. The Balaban J connectivity index is 0.00000176.